The molecule has 0 N–H and O–H groups in total. The average molecular weight is 364 g/mol. The number of fused-ring (bicyclic) bond motifs is 5. The maximum Gasteiger partial charge on any atom is 0.0702 e. The van der Waals surface area contributed by atoms with Gasteiger partial charge in [-0.25, -0.2) is 0 Å². The van der Waals surface area contributed by atoms with Crippen LogP contribution < -0.4 is 0 Å². The third-order valence-electron chi connectivity index (χ3n) is 6.07. The van der Waals surface area contributed by atoms with Gasteiger partial charge in [0.05, 0.1) is 11.2 Å². The van der Waals surface area contributed by atoms with E-state index in [2.05, 4.69) is 46.2 Å². The molecule has 2 aromatic heterocycles. The van der Waals surface area contributed by atoms with E-state index < -0.39 is 0 Å². The normalized spacial score (nSPS) is 20.4. The molecule has 4 heterocycles. The first-order valence-corrected chi connectivity index (χ1v) is 9.92. The van der Waals surface area contributed by atoms with Crippen molar-refractivity contribution in [3.63, 3.8) is 0 Å². The fraction of sp³-hybridized carbons (Fsp3) is 0.500. The number of rotatable bonds is 5. The molecule has 0 bridgehead atoms. The lowest BCUT2D eigenvalue weighted by atomic mass is 9.95. The van der Waals surface area contributed by atoms with Gasteiger partial charge in [0, 0.05) is 62.3 Å². The topological polar surface area (TPSA) is 45.8 Å². The Kier molecular flexibility index (Phi) is 4.96. The van der Waals surface area contributed by atoms with Crippen LogP contribution in [0.1, 0.15) is 47.9 Å². The maximum atomic E-state index is 4.93. The summed E-state index contributed by atoms with van der Waals surface area (Å²) in [5, 5.41) is 1.42. The van der Waals surface area contributed by atoms with Crippen molar-refractivity contribution in [3.8, 4) is 0 Å². The molecule has 0 radical (unpaired) electrons. The Bertz CT molecular complexity index is 934. The van der Waals surface area contributed by atoms with E-state index in [-0.39, 0.29) is 0 Å². The van der Waals surface area contributed by atoms with Gasteiger partial charge in [0.1, 0.15) is 0 Å². The highest BCUT2D eigenvalue weighted by Crippen LogP contribution is 2.43. The van der Waals surface area contributed by atoms with Crippen LogP contribution in [0.2, 0.25) is 0 Å². The predicted octanol–water partition coefficient (Wildman–Crippen LogP) is 3.79. The first-order chi connectivity index (χ1) is 13.1. The molecule has 2 aliphatic rings. The summed E-state index contributed by atoms with van der Waals surface area (Å²) >= 11 is 0. The van der Waals surface area contributed by atoms with Gasteiger partial charge < -0.3 is 4.57 Å². The van der Waals surface area contributed by atoms with Crippen molar-refractivity contribution in [3.05, 3.63) is 40.5 Å². The Balaban J connectivity index is 1.79. The van der Waals surface area contributed by atoms with Gasteiger partial charge in [-0.15, -0.1) is 0 Å². The lowest BCUT2D eigenvalue weighted by Crippen LogP contribution is -2.31. The SMILES string of the molecule is C=N/C=C(\C=NC)CCc1nc(C)cc2c3c(n(C)c12)CCN1CCCC31. The highest BCUT2D eigenvalue weighted by Gasteiger charge is 2.35. The van der Waals surface area contributed by atoms with Gasteiger partial charge in [0.2, 0.25) is 0 Å². The fourth-order valence-corrected chi connectivity index (χ4v) is 5.01. The van der Waals surface area contributed by atoms with Crippen molar-refractivity contribution in [1.29, 1.82) is 0 Å². The Hall–Kier alpha value is -2.27. The van der Waals surface area contributed by atoms with Crippen LogP contribution in [-0.2, 0) is 19.9 Å². The molecule has 0 saturated carbocycles. The lowest BCUT2D eigenvalue weighted by molar-refractivity contribution is 0.242. The Morgan fingerprint density at radius 1 is 1.41 bits per heavy atom. The van der Waals surface area contributed by atoms with Crippen molar-refractivity contribution in [1.82, 2.24) is 14.5 Å². The first kappa shape index (κ1) is 18.1. The van der Waals surface area contributed by atoms with Crippen LogP contribution in [0.5, 0.6) is 0 Å². The van der Waals surface area contributed by atoms with E-state index in [4.69, 9.17) is 4.98 Å². The van der Waals surface area contributed by atoms with Crippen molar-refractivity contribution >= 4 is 23.8 Å². The summed E-state index contributed by atoms with van der Waals surface area (Å²) in [5.41, 5.74) is 7.79. The number of allylic oxidation sites excluding steroid dienone is 1. The zero-order valence-corrected chi connectivity index (χ0v) is 16.7. The lowest BCUT2D eigenvalue weighted by Gasteiger charge is -2.30. The smallest absolute Gasteiger partial charge is 0.0702 e. The third kappa shape index (κ3) is 3.14. The van der Waals surface area contributed by atoms with E-state index in [1.807, 2.05) is 6.21 Å². The molecular weight excluding hydrogens is 334 g/mol. The second-order valence-corrected chi connectivity index (χ2v) is 7.74. The van der Waals surface area contributed by atoms with E-state index in [0.29, 0.717) is 6.04 Å². The van der Waals surface area contributed by atoms with E-state index in [1.54, 1.807) is 18.8 Å². The minimum atomic E-state index is 0.597. The molecule has 1 fully saturated rings. The molecular formula is C22H29N5. The van der Waals surface area contributed by atoms with Crippen LogP contribution in [-0.4, -0.2) is 47.5 Å². The first-order valence-electron chi connectivity index (χ1n) is 9.92. The van der Waals surface area contributed by atoms with Gasteiger partial charge in [0.15, 0.2) is 0 Å². The summed E-state index contributed by atoms with van der Waals surface area (Å²) in [6.07, 6.45) is 9.16. The largest absolute Gasteiger partial charge is 0.346 e. The average Bonchev–Trinajstić information content (AvgIpc) is 3.23. The van der Waals surface area contributed by atoms with Gasteiger partial charge in [-0.2, -0.15) is 0 Å². The van der Waals surface area contributed by atoms with Crippen molar-refractivity contribution in [2.45, 2.75) is 45.1 Å². The third-order valence-corrected chi connectivity index (χ3v) is 6.07. The molecule has 27 heavy (non-hydrogen) atoms. The standard InChI is InChI=1S/C22H29N5/c1-15-12-17-21-19(9-11-27-10-5-6-20(21)27)26(4)22(17)18(25-15)8-7-16(13-23-2)14-24-3/h12-14,20H,2,5-11H2,1,3-4H3/b16-13-,24-14?. The zero-order chi connectivity index (χ0) is 19.0. The van der Waals surface area contributed by atoms with E-state index in [1.165, 1.54) is 48.2 Å². The summed E-state index contributed by atoms with van der Waals surface area (Å²) in [5.74, 6) is 0. The molecule has 0 aromatic carbocycles. The van der Waals surface area contributed by atoms with Crippen molar-refractivity contribution in [2.24, 2.45) is 17.0 Å². The summed E-state index contributed by atoms with van der Waals surface area (Å²) in [7, 11) is 4.01. The minimum Gasteiger partial charge on any atom is -0.346 e. The van der Waals surface area contributed by atoms with Crippen LogP contribution in [0.25, 0.3) is 10.9 Å². The number of aromatic nitrogens is 2. The van der Waals surface area contributed by atoms with Crippen LogP contribution in [0.15, 0.2) is 27.8 Å². The Labute approximate surface area is 161 Å². The molecule has 0 aliphatic carbocycles. The molecule has 2 aliphatic heterocycles. The maximum absolute atomic E-state index is 4.93. The van der Waals surface area contributed by atoms with Crippen molar-refractivity contribution < 1.29 is 0 Å². The number of hydrogen-bond acceptors (Lipinski definition) is 4. The molecule has 0 spiro atoms. The molecule has 2 aromatic rings. The zero-order valence-electron chi connectivity index (χ0n) is 16.7. The van der Waals surface area contributed by atoms with Gasteiger partial charge in [-0.3, -0.25) is 19.9 Å². The van der Waals surface area contributed by atoms with E-state index in [9.17, 15) is 0 Å². The number of aryl methyl sites for hydroxylation is 3. The van der Waals surface area contributed by atoms with E-state index >= 15 is 0 Å². The second-order valence-electron chi connectivity index (χ2n) is 7.74. The summed E-state index contributed by atoms with van der Waals surface area (Å²) in [6, 6.07) is 2.90. The minimum absolute atomic E-state index is 0.597. The quantitative estimate of drug-likeness (QED) is 0.759. The van der Waals surface area contributed by atoms with Crippen molar-refractivity contribution in [2.75, 3.05) is 20.1 Å². The second kappa shape index (κ2) is 7.39. The molecule has 5 heteroatoms. The number of hydrogen-bond donors (Lipinski definition) is 0. The predicted molar refractivity (Wildman–Crippen MR) is 113 cm³/mol. The van der Waals surface area contributed by atoms with Crippen LogP contribution in [0.3, 0.4) is 0 Å². The molecule has 0 amide bonds. The number of nitrogens with zero attached hydrogens (tertiary/aromatic N) is 5. The Morgan fingerprint density at radius 2 is 2.26 bits per heavy atom. The highest BCUT2D eigenvalue weighted by molar-refractivity contribution is 5.89. The highest BCUT2D eigenvalue weighted by atomic mass is 15.2. The monoisotopic (exact) mass is 363 g/mol. The fourth-order valence-electron chi connectivity index (χ4n) is 5.01. The van der Waals surface area contributed by atoms with Gasteiger partial charge >= 0.3 is 0 Å². The van der Waals surface area contributed by atoms with Gasteiger partial charge in [0.25, 0.3) is 0 Å². The van der Waals surface area contributed by atoms with Gasteiger partial charge in [-0.1, -0.05) is 0 Å². The molecule has 5 nitrogen and oxygen atoms in total. The number of pyridine rings is 1. The molecule has 4 rings (SSSR count). The molecule has 1 unspecified atom stereocenters. The number of aliphatic imine (C=N–C) groups is 2. The molecule has 1 saturated heterocycles. The summed E-state index contributed by atoms with van der Waals surface area (Å²) in [6.45, 7) is 8.13. The van der Waals surface area contributed by atoms with Crippen LogP contribution in [0, 0.1) is 6.92 Å². The van der Waals surface area contributed by atoms with Gasteiger partial charge in [-0.05, 0) is 63.1 Å². The molecule has 1 atom stereocenters. The van der Waals surface area contributed by atoms with Crippen LogP contribution in [0.4, 0.5) is 0 Å². The summed E-state index contributed by atoms with van der Waals surface area (Å²) in [4.78, 5) is 15.7. The summed E-state index contributed by atoms with van der Waals surface area (Å²) < 4.78 is 2.42. The molecule has 142 valence electrons. The van der Waals surface area contributed by atoms with E-state index in [0.717, 1.165) is 30.5 Å². The Morgan fingerprint density at radius 3 is 3.04 bits per heavy atom. The van der Waals surface area contributed by atoms with Crippen LogP contribution >= 0.6 is 0 Å².